The standard InChI is InChI=1S/C25H19OP/c1-3-20-11-10-16-23-19(2)25(18-17-24(20)23)27(26,21-12-6-4-7-13-21)22-14-8-5-9-15-22/h1,4-18H,2H3. The molecular weight excluding hydrogens is 347 g/mol. The first-order valence-corrected chi connectivity index (χ1v) is 10.6. The van der Waals surface area contributed by atoms with E-state index in [2.05, 4.69) is 12.0 Å². The minimum atomic E-state index is -2.99. The van der Waals surface area contributed by atoms with Crippen molar-refractivity contribution >= 4 is 33.8 Å². The zero-order chi connectivity index (χ0) is 18.9. The molecule has 0 radical (unpaired) electrons. The average Bonchev–Trinajstić information content (AvgIpc) is 2.74. The molecule has 0 spiro atoms. The summed E-state index contributed by atoms with van der Waals surface area (Å²) in [5, 5.41) is 4.61. The second-order valence-electron chi connectivity index (χ2n) is 6.54. The molecule has 0 aliphatic rings. The molecule has 4 rings (SSSR count). The Morgan fingerprint density at radius 2 is 1.30 bits per heavy atom. The van der Waals surface area contributed by atoms with Gasteiger partial charge in [-0.3, -0.25) is 0 Å². The molecule has 130 valence electrons. The summed E-state index contributed by atoms with van der Waals surface area (Å²) in [5.41, 5.74) is 1.87. The lowest BCUT2D eigenvalue weighted by atomic mass is 10.0. The van der Waals surface area contributed by atoms with Gasteiger partial charge in [0, 0.05) is 21.5 Å². The Labute approximate surface area is 160 Å². The Bertz CT molecular complexity index is 1160. The average molecular weight is 366 g/mol. The lowest BCUT2D eigenvalue weighted by Crippen LogP contribution is -2.26. The van der Waals surface area contributed by atoms with Crippen molar-refractivity contribution in [2.75, 3.05) is 0 Å². The van der Waals surface area contributed by atoms with Crippen LogP contribution in [-0.2, 0) is 4.57 Å². The summed E-state index contributed by atoms with van der Waals surface area (Å²) in [6.45, 7) is 2.04. The van der Waals surface area contributed by atoms with Gasteiger partial charge in [-0.05, 0) is 35.4 Å². The normalized spacial score (nSPS) is 11.3. The maximum absolute atomic E-state index is 14.6. The van der Waals surface area contributed by atoms with E-state index in [4.69, 9.17) is 6.42 Å². The molecule has 0 aliphatic heterocycles. The lowest BCUT2D eigenvalue weighted by Gasteiger charge is -2.23. The number of hydrogen-bond donors (Lipinski definition) is 0. The van der Waals surface area contributed by atoms with Crippen molar-refractivity contribution in [1.82, 2.24) is 0 Å². The van der Waals surface area contributed by atoms with Gasteiger partial charge in [-0.1, -0.05) is 84.8 Å². The van der Waals surface area contributed by atoms with Crippen LogP contribution in [0, 0.1) is 19.3 Å². The van der Waals surface area contributed by atoms with Gasteiger partial charge in [-0.15, -0.1) is 6.42 Å². The Kier molecular flexibility index (Phi) is 4.44. The molecule has 0 amide bonds. The van der Waals surface area contributed by atoms with Crippen molar-refractivity contribution in [2.24, 2.45) is 0 Å². The van der Waals surface area contributed by atoms with Crippen LogP contribution < -0.4 is 15.9 Å². The van der Waals surface area contributed by atoms with Crippen LogP contribution in [0.4, 0.5) is 0 Å². The van der Waals surface area contributed by atoms with Gasteiger partial charge in [0.25, 0.3) is 0 Å². The molecule has 4 aromatic rings. The van der Waals surface area contributed by atoms with Crippen LogP contribution in [0.3, 0.4) is 0 Å². The van der Waals surface area contributed by atoms with Gasteiger partial charge in [-0.25, -0.2) is 0 Å². The Balaban J connectivity index is 2.07. The van der Waals surface area contributed by atoms with E-state index in [9.17, 15) is 4.57 Å². The smallest absolute Gasteiger partial charge is 0.171 e. The molecule has 0 saturated heterocycles. The fourth-order valence-corrected chi connectivity index (χ4v) is 6.58. The van der Waals surface area contributed by atoms with E-state index in [-0.39, 0.29) is 0 Å². The van der Waals surface area contributed by atoms with Crippen molar-refractivity contribution in [3.05, 3.63) is 102 Å². The monoisotopic (exact) mass is 366 g/mol. The SMILES string of the molecule is C#Cc1cccc2c(C)c(P(=O)(c3ccccc3)c3ccccc3)ccc12. The summed E-state index contributed by atoms with van der Waals surface area (Å²) >= 11 is 0. The Hall–Kier alpha value is -3.07. The van der Waals surface area contributed by atoms with Crippen LogP contribution in [0.1, 0.15) is 11.1 Å². The van der Waals surface area contributed by atoms with E-state index in [0.29, 0.717) is 0 Å². The van der Waals surface area contributed by atoms with E-state index in [1.165, 1.54) is 0 Å². The zero-order valence-corrected chi connectivity index (χ0v) is 16.0. The number of fused-ring (bicyclic) bond motifs is 1. The second kappa shape index (κ2) is 6.92. The fraction of sp³-hybridized carbons (Fsp3) is 0.0400. The molecule has 0 unspecified atom stereocenters. The van der Waals surface area contributed by atoms with Crippen LogP contribution in [0.5, 0.6) is 0 Å². The highest BCUT2D eigenvalue weighted by molar-refractivity contribution is 7.85. The van der Waals surface area contributed by atoms with Gasteiger partial charge in [0.2, 0.25) is 0 Å². The number of hydrogen-bond acceptors (Lipinski definition) is 1. The second-order valence-corrected chi connectivity index (χ2v) is 9.27. The number of aryl methyl sites for hydroxylation is 1. The molecule has 1 nitrogen and oxygen atoms in total. The molecule has 0 fully saturated rings. The highest BCUT2D eigenvalue weighted by Gasteiger charge is 2.31. The number of rotatable bonds is 3. The largest absolute Gasteiger partial charge is 0.309 e. The van der Waals surface area contributed by atoms with E-state index in [0.717, 1.165) is 37.8 Å². The highest BCUT2D eigenvalue weighted by atomic mass is 31.2. The van der Waals surface area contributed by atoms with Gasteiger partial charge in [0.05, 0.1) is 0 Å². The molecule has 0 aliphatic carbocycles. The molecule has 0 N–H and O–H groups in total. The predicted octanol–water partition coefficient (Wildman–Crippen LogP) is 4.77. The molecule has 0 saturated carbocycles. The van der Waals surface area contributed by atoms with Crippen LogP contribution >= 0.6 is 7.14 Å². The van der Waals surface area contributed by atoms with Crippen LogP contribution in [0.25, 0.3) is 10.8 Å². The van der Waals surface area contributed by atoms with Crippen molar-refractivity contribution in [3.63, 3.8) is 0 Å². The third-order valence-corrected chi connectivity index (χ3v) is 8.25. The topological polar surface area (TPSA) is 17.1 Å². The maximum atomic E-state index is 14.6. The zero-order valence-electron chi connectivity index (χ0n) is 15.1. The molecule has 0 heterocycles. The highest BCUT2D eigenvalue weighted by Crippen LogP contribution is 2.44. The van der Waals surface area contributed by atoms with Gasteiger partial charge < -0.3 is 4.57 Å². The number of benzene rings is 4. The van der Waals surface area contributed by atoms with E-state index >= 15 is 0 Å². The Morgan fingerprint density at radius 3 is 1.85 bits per heavy atom. The van der Waals surface area contributed by atoms with Gasteiger partial charge in [0.1, 0.15) is 0 Å². The van der Waals surface area contributed by atoms with Gasteiger partial charge in [0.15, 0.2) is 7.14 Å². The van der Waals surface area contributed by atoms with Gasteiger partial charge in [-0.2, -0.15) is 0 Å². The van der Waals surface area contributed by atoms with Crippen molar-refractivity contribution in [1.29, 1.82) is 0 Å². The minimum absolute atomic E-state index is 0.840. The minimum Gasteiger partial charge on any atom is -0.309 e. The molecule has 0 bridgehead atoms. The summed E-state index contributed by atoms with van der Waals surface area (Å²) in [5.74, 6) is 2.75. The fourth-order valence-electron chi connectivity index (χ4n) is 3.67. The maximum Gasteiger partial charge on any atom is 0.171 e. The molecule has 0 atom stereocenters. The first-order chi connectivity index (χ1) is 13.2. The van der Waals surface area contributed by atoms with Crippen molar-refractivity contribution < 1.29 is 4.57 Å². The van der Waals surface area contributed by atoms with Crippen LogP contribution in [0.2, 0.25) is 0 Å². The first kappa shape index (κ1) is 17.3. The number of terminal acetylenes is 1. The molecular formula is C25H19OP. The third-order valence-electron chi connectivity index (χ3n) is 5.04. The van der Waals surface area contributed by atoms with Crippen molar-refractivity contribution in [3.8, 4) is 12.3 Å². The van der Waals surface area contributed by atoms with Crippen molar-refractivity contribution in [2.45, 2.75) is 6.92 Å². The molecule has 4 aromatic carbocycles. The van der Waals surface area contributed by atoms with E-state index < -0.39 is 7.14 Å². The molecule has 2 heteroatoms. The summed E-state index contributed by atoms with van der Waals surface area (Å²) in [6, 6.07) is 29.4. The quantitative estimate of drug-likeness (QED) is 0.377. The summed E-state index contributed by atoms with van der Waals surface area (Å²) in [4.78, 5) is 0. The Morgan fingerprint density at radius 1 is 0.704 bits per heavy atom. The van der Waals surface area contributed by atoms with Crippen LogP contribution in [-0.4, -0.2) is 0 Å². The summed E-state index contributed by atoms with van der Waals surface area (Å²) < 4.78 is 14.6. The molecule has 27 heavy (non-hydrogen) atoms. The van der Waals surface area contributed by atoms with Gasteiger partial charge >= 0.3 is 0 Å². The predicted molar refractivity (Wildman–Crippen MR) is 116 cm³/mol. The lowest BCUT2D eigenvalue weighted by molar-refractivity contribution is 0.592. The third kappa shape index (κ3) is 2.80. The van der Waals surface area contributed by atoms with E-state index in [1.807, 2.05) is 91.9 Å². The summed E-state index contributed by atoms with van der Waals surface area (Å²) in [6.07, 6.45) is 5.67. The van der Waals surface area contributed by atoms with Crippen LogP contribution in [0.15, 0.2) is 91.0 Å². The molecule has 0 aromatic heterocycles. The first-order valence-electron chi connectivity index (χ1n) is 8.87. The van der Waals surface area contributed by atoms with E-state index in [1.54, 1.807) is 0 Å². The summed E-state index contributed by atoms with van der Waals surface area (Å²) in [7, 11) is -2.99.